The molecule has 0 radical (unpaired) electrons. The van der Waals surface area contributed by atoms with E-state index in [2.05, 4.69) is 36.5 Å². The van der Waals surface area contributed by atoms with Crippen LogP contribution in [-0.2, 0) is 19.6 Å². The van der Waals surface area contributed by atoms with Gasteiger partial charge in [0, 0.05) is 18.2 Å². The molecular weight excluding hydrogens is 448 g/mol. The average Bonchev–Trinajstić information content (AvgIpc) is 2.78. The third kappa shape index (κ3) is 6.86. The first-order chi connectivity index (χ1) is 15.5. The van der Waals surface area contributed by atoms with Gasteiger partial charge in [-0.1, -0.05) is 59.6 Å². The van der Waals surface area contributed by atoms with Crippen LogP contribution in [0.5, 0.6) is 11.5 Å². The Morgan fingerprint density at radius 2 is 1.72 bits per heavy atom. The van der Waals surface area contributed by atoms with Crippen molar-refractivity contribution in [3.63, 3.8) is 0 Å². The molecule has 0 aliphatic rings. The van der Waals surface area contributed by atoms with Crippen molar-refractivity contribution in [1.82, 2.24) is 5.32 Å². The lowest BCUT2D eigenvalue weighted by Gasteiger charge is -2.18. The molecule has 6 heteroatoms. The summed E-state index contributed by atoms with van der Waals surface area (Å²) < 4.78 is 25.7. The summed E-state index contributed by atoms with van der Waals surface area (Å²) >= 11 is 12.6. The largest absolute Gasteiger partial charge is 0.490 e. The van der Waals surface area contributed by atoms with Gasteiger partial charge in [-0.05, 0) is 62.1 Å². The molecule has 3 aromatic rings. The van der Waals surface area contributed by atoms with Gasteiger partial charge in [0.1, 0.15) is 12.4 Å². The Hall–Kier alpha value is -2.27. The van der Waals surface area contributed by atoms with Crippen LogP contribution >= 0.6 is 23.2 Å². The molecule has 0 spiro atoms. The van der Waals surface area contributed by atoms with Gasteiger partial charge >= 0.3 is 0 Å². The summed E-state index contributed by atoms with van der Waals surface area (Å²) in [4.78, 5) is 0. The maximum absolute atomic E-state index is 14.1. The van der Waals surface area contributed by atoms with Crippen molar-refractivity contribution in [3.05, 3.63) is 93.2 Å². The molecule has 1 atom stereocenters. The minimum absolute atomic E-state index is 0.0422. The first-order valence-corrected chi connectivity index (χ1v) is 11.5. The van der Waals surface area contributed by atoms with Crippen LogP contribution in [0.2, 0.25) is 10.0 Å². The fourth-order valence-corrected chi connectivity index (χ4v) is 3.87. The third-order valence-corrected chi connectivity index (χ3v) is 5.79. The van der Waals surface area contributed by atoms with Crippen molar-refractivity contribution in [2.24, 2.45) is 0 Å². The van der Waals surface area contributed by atoms with Crippen molar-refractivity contribution in [2.75, 3.05) is 6.61 Å². The summed E-state index contributed by atoms with van der Waals surface area (Å²) in [7, 11) is 0. The fourth-order valence-electron chi connectivity index (χ4n) is 3.36. The van der Waals surface area contributed by atoms with Gasteiger partial charge in [-0.3, -0.25) is 0 Å². The number of benzene rings is 3. The molecule has 0 fully saturated rings. The van der Waals surface area contributed by atoms with Crippen LogP contribution in [0, 0.1) is 5.82 Å². The number of ether oxygens (including phenoxy) is 2. The molecule has 0 bridgehead atoms. The molecule has 0 amide bonds. The van der Waals surface area contributed by atoms with Gasteiger partial charge in [0.2, 0.25) is 0 Å². The van der Waals surface area contributed by atoms with Crippen molar-refractivity contribution in [1.29, 1.82) is 0 Å². The zero-order valence-corrected chi connectivity index (χ0v) is 19.8. The van der Waals surface area contributed by atoms with Gasteiger partial charge in [0.05, 0.1) is 16.7 Å². The molecule has 0 saturated heterocycles. The number of halogens is 3. The van der Waals surface area contributed by atoms with Crippen LogP contribution in [-0.4, -0.2) is 12.6 Å². The van der Waals surface area contributed by atoms with E-state index in [4.69, 9.17) is 32.7 Å². The highest BCUT2D eigenvalue weighted by atomic mass is 35.5. The summed E-state index contributed by atoms with van der Waals surface area (Å²) in [6.45, 7) is 5.12. The quantitative estimate of drug-likeness (QED) is 0.317. The monoisotopic (exact) mass is 475 g/mol. The standard InChI is InChI=1S/C26H28Cl2FNO2/c1-3-31-25-15-20(16-30-18(2)12-13-19-8-5-4-6-9-19)14-23(28)26(25)32-17-21-22(27)10-7-11-24(21)29/h4-11,14-15,18,30H,3,12-13,16-17H2,1-2H3/t18-/m1/s1. The number of hydrogen-bond donors (Lipinski definition) is 1. The molecule has 0 aliphatic carbocycles. The Morgan fingerprint density at radius 3 is 2.44 bits per heavy atom. The average molecular weight is 476 g/mol. The molecule has 0 unspecified atom stereocenters. The van der Waals surface area contributed by atoms with E-state index in [9.17, 15) is 4.39 Å². The molecule has 1 N–H and O–H groups in total. The van der Waals surface area contributed by atoms with E-state index in [0.29, 0.717) is 40.7 Å². The maximum Gasteiger partial charge on any atom is 0.180 e. The van der Waals surface area contributed by atoms with E-state index in [1.807, 2.05) is 25.1 Å². The molecule has 0 heterocycles. The van der Waals surface area contributed by atoms with Gasteiger partial charge < -0.3 is 14.8 Å². The highest BCUT2D eigenvalue weighted by Gasteiger charge is 2.15. The Balaban J connectivity index is 1.64. The summed E-state index contributed by atoms with van der Waals surface area (Å²) in [6.07, 6.45) is 2.05. The third-order valence-electron chi connectivity index (χ3n) is 5.16. The lowest BCUT2D eigenvalue weighted by molar-refractivity contribution is 0.266. The van der Waals surface area contributed by atoms with Crippen molar-refractivity contribution < 1.29 is 13.9 Å². The van der Waals surface area contributed by atoms with E-state index in [-0.39, 0.29) is 12.2 Å². The molecule has 3 rings (SSSR count). The Bertz CT molecular complexity index is 994. The maximum atomic E-state index is 14.1. The second kappa shape index (κ2) is 12.1. The minimum Gasteiger partial charge on any atom is -0.490 e. The van der Waals surface area contributed by atoms with Crippen LogP contribution in [0.25, 0.3) is 0 Å². The van der Waals surface area contributed by atoms with Crippen LogP contribution in [0.15, 0.2) is 60.7 Å². The number of nitrogens with one attached hydrogen (secondary N) is 1. The van der Waals surface area contributed by atoms with Crippen molar-refractivity contribution in [2.45, 2.75) is 45.9 Å². The number of aryl methyl sites for hydroxylation is 1. The second-order valence-electron chi connectivity index (χ2n) is 7.63. The zero-order chi connectivity index (χ0) is 22.9. The van der Waals surface area contributed by atoms with Crippen LogP contribution in [0.1, 0.15) is 37.0 Å². The van der Waals surface area contributed by atoms with Crippen molar-refractivity contribution in [3.8, 4) is 11.5 Å². The molecule has 0 aromatic heterocycles. The molecule has 32 heavy (non-hydrogen) atoms. The SMILES string of the molecule is CCOc1cc(CN[C@H](C)CCc2ccccc2)cc(Cl)c1OCc1c(F)cccc1Cl. The first kappa shape index (κ1) is 24.4. The zero-order valence-electron chi connectivity index (χ0n) is 18.3. The smallest absolute Gasteiger partial charge is 0.180 e. The highest BCUT2D eigenvalue weighted by Crippen LogP contribution is 2.38. The fraction of sp³-hybridized carbons (Fsp3) is 0.308. The molecule has 0 saturated carbocycles. The molecule has 0 aliphatic heterocycles. The Morgan fingerprint density at radius 1 is 0.938 bits per heavy atom. The van der Waals surface area contributed by atoms with Crippen LogP contribution < -0.4 is 14.8 Å². The molecule has 170 valence electrons. The van der Waals surface area contributed by atoms with E-state index in [1.165, 1.54) is 11.6 Å². The van der Waals surface area contributed by atoms with Gasteiger partial charge in [-0.25, -0.2) is 4.39 Å². The van der Waals surface area contributed by atoms with Gasteiger partial charge in [-0.15, -0.1) is 0 Å². The Labute approximate surface area is 199 Å². The lowest BCUT2D eigenvalue weighted by Crippen LogP contribution is -2.26. The van der Waals surface area contributed by atoms with Crippen LogP contribution in [0.3, 0.4) is 0 Å². The van der Waals surface area contributed by atoms with Crippen molar-refractivity contribution >= 4 is 23.2 Å². The van der Waals surface area contributed by atoms with Gasteiger partial charge in [-0.2, -0.15) is 0 Å². The minimum atomic E-state index is -0.420. The molecular formula is C26H28Cl2FNO2. The predicted octanol–water partition coefficient (Wildman–Crippen LogP) is 7.22. The number of hydrogen-bond acceptors (Lipinski definition) is 3. The normalized spacial score (nSPS) is 11.9. The molecule has 3 aromatic carbocycles. The van der Waals surface area contributed by atoms with E-state index >= 15 is 0 Å². The van der Waals surface area contributed by atoms with Crippen LogP contribution in [0.4, 0.5) is 4.39 Å². The molecule has 3 nitrogen and oxygen atoms in total. The van der Waals surface area contributed by atoms with Gasteiger partial charge in [0.15, 0.2) is 11.5 Å². The van der Waals surface area contributed by atoms with E-state index in [0.717, 1.165) is 18.4 Å². The summed E-state index contributed by atoms with van der Waals surface area (Å²) in [5.74, 6) is 0.492. The Kier molecular flexibility index (Phi) is 9.22. The van der Waals surface area contributed by atoms with Gasteiger partial charge in [0.25, 0.3) is 0 Å². The highest BCUT2D eigenvalue weighted by molar-refractivity contribution is 6.32. The summed E-state index contributed by atoms with van der Waals surface area (Å²) in [5, 5.41) is 4.26. The van der Waals surface area contributed by atoms with E-state index < -0.39 is 5.82 Å². The summed E-state index contributed by atoms with van der Waals surface area (Å²) in [6, 6.07) is 19.1. The summed E-state index contributed by atoms with van der Waals surface area (Å²) in [5.41, 5.74) is 2.60. The lowest BCUT2D eigenvalue weighted by atomic mass is 10.1. The number of rotatable bonds is 11. The first-order valence-electron chi connectivity index (χ1n) is 10.8. The topological polar surface area (TPSA) is 30.5 Å². The van der Waals surface area contributed by atoms with E-state index in [1.54, 1.807) is 12.1 Å². The predicted molar refractivity (Wildman–Crippen MR) is 129 cm³/mol. The second-order valence-corrected chi connectivity index (χ2v) is 8.45.